The van der Waals surface area contributed by atoms with Crippen LogP contribution in [0.4, 0.5) is 28.4 Å². The van der Waals surface area contributed by atoms with Crippen LogP contribution in [0.15, 0.2) is 204 Å². The highest BCUT2D eigenvalue weighted by Gasteiger charge is 2.27. The fourth-order valence-electron chi connectivity index (χ4n) is 8.52. The minimum atomic E-state index is -0.323. The Labute approximate surface area is 330 Å². The van der Waals surface area contributed by atoms with E-state index >= 15 is 0 Å². The Morgan fingerprint density at radius 3 is 2.25 bits per heavy atom. The van der Waals surface area contributed by atoms with Gasteiger partial charge in [0.25, 0.3) is 0 Å². The largest absolute Gasteiger partial charge is 0.458 e. The minimum absolute atomic E-state index is 0.323. The van der Waals surface area contributed by atoms with Crippen LogP contribution in [0.3, 0.4) is 0 Å². The molecule has 5 nitrogen and oxygen atoms in total. The molecule has 0 fully saturated rings. The highest BCUT2D eigenvalue weighted by molar-refractivity contribution is 6.09. The number of ether oxygens (including phenoxy) is 1. The molecule has 272 valence electrons. The van der Waals surface area contributed by atoms with E-state index in [0.717, 1.165) is 89.7 Å². The summed E-state index contributed by atoms with van der Waals surface area (Å²) >= 11 is 0. The number of allylic oxidation sites excluding steroid dienone is 2. The SMILES string of the molecule is NC1/C=C\C=C2/CN(c3ccccc3O2)c2ccc(-c3ccccc3N(c3ccc(-c4cccc5c4oc4ccccc45)cc3)c3ccc4ccccc4c3)cc21. The third-order valence-electron chi connectivity index (χ3n) is 11.3. The second kappa shape index (κ2) is 13.4. The van der Waals surface area contributed by atoms with Gasteiger partial charge in [-0.3, -0.25) is 0 Å². The summed E-state index contributed by atoms with van der Waals surface area (Å²) in [5.41, 5.74) is 19.5. The molecule has 8 aromatic carbocycles. The first kappa shape index (κ1) is 33.0. The van der Waals surface area contributed by atoms with Gasteiger partial charge in [0.05, 0.1) is 24.0 Å². The molecule has 9 aromatic rings. The number of rotatable bonds is 5. The summed E-state index contributed by atoms with van der Waals surface area (Å²) in [4.78, 5) is 4.68. The molecule has 2 aliphatic rings. The van der Waals surface area contributed by atoms with Gasteiger partial charge in [-0.2, -0.15) is 0 Å². The predicted octanol–water partition coefficient (Wildman–Crippen LogP) is 13.5. The van der Waals surface area contributed by atoms with E-state index in [-0.39, 0.29) is 6.04 Å². The van der Waals surface area contributed by atoms with E-state index in [0.29, 0.717) is 6.54 Å². The molecule has 1 aromatic heterocycles. The molecule has 11 rings (SSSR count). The van der Waals surface area contributed by atoms with Gasteiger partial charge in [0.2, 0.25) is 0 Å². The summed E-state index contributed by atoms with van der Waals surface area (Å²) in [7, 11) is 0. The van der Waals surface area contributed by atoms with Crippen LogP contribution < -0.4 is 20.3 Å². The molecular weight excluding hydrogens is 699 g/mol. The molecule has 0 radical (unpaired) electrons. The van der Waals surface area contributed by atoms with Crippen molar-refractivity contribution in [2.24, 2.45) is 5.73 Å². The number of benzene rings is 8. The van der Waals surface area contributed by atoms with E-state index in [1.165, 1.54) is 10.8 Å². The van der Waals surface area contributed by atoms with Crippen molar-refractivity contribution in [2.75, 3.05) is 16.3 Å². The second-order valence-corrected chi connectivity index (χ2v) is 14.7. The average Bonchev–Trinajstić information content (AvgIpc) is 3.67. The average molecular weight is 736 g/mol. The summed E-state index contributed by atoms with van der Waals surface area (Å²) in [6, 6.07) is 61.9. The number of nitrogens with zero attached hydrogens (tertiary/aromatic N) is 2. The summed E-state index contributed by atoms with van der Waals surface area (Å²) in [6.45, 7) is 0.619. The van der Waals surface area contributed by atoms with Gasteiger partial charge >= 0.3 is 0 Å². The van der Waals surface area contributed by atoms with Crippen molar-refractivity contribution in [1.82, 2.24) is 0 Å². The van der Waals surface area contributed by atoms with Crippen LogP contribution >= 0.6 is 0 Å². The van der Waals surface area contributed by atoms with Crippen molar-refractivity contribution < 1.29 is 9.15 Å². The third kappa shape index (κ3) is 5.67. The molecule has 2 N–H and O–H groups in total. The molecule has 1 atom stereocenters. The second-order valence-electron chi connectivity index (χ2n) is 14.7. The Morgan fingerprint density at radius 2 is 1.32 bits per heavy atom. The summed E-state index contributed by atoms with van der Waals surface area (Å²) in [6.07, 6.45) is 6.09. The molecular formula is C52H37N3O2. The summed E-state index contributed by atoms with van der Waals surface area (Å²) in [5.74, 6) is 1.72. The van der Waals surface area contributed by atoms with E-state index in [9.17, 15) is 0 Å². The van der Waals surface area contributed by atoms with Gasteiger partial charge in [-0.25, -0.2) is 0 Å². The zero-order chi connectivity index (χ0) is 37.9. The summed E-state index contributed by atoms with van der Waals surface area (Å²) in [5, 5.41) is 4.63. The van der Waals surface area contributed by atoms with E-state index in [4.69, 9.17) is 14.9 Å². The number of fused-ring (bicyclic) bond motifs is 10. The Balaban J connectivity index is 1.05. The number of hydrogen-bond donors (Lipinski definition) is 1. The fourth-order valence-corrected chi connectivity index (χ4v) is 8.52. The van der Waals surface area contributed by atoms with Gasteiger partial charge < -0.3 is 24.7 Å². The van der Waals surface area contributed by atoms with Crippen LogP contribution in [0.2, 0.25) is 0 Å². The summed E-state index contributed by atoms with van der Waals surface area (Å²) < 4.78 is 12.7. The standard InChI is InChI=1S/C52H37N3O2/c53-46-18-9-13-40-33-54(49-20-6-8-22-51(49)56-40)47-30-26-37(32-45(46)47)41-14-3-5-19-48(41)55(39-29-23-34-11-1-2-12-36(34)31-39)38-27-24-35(25-28-38)42-16-10-17-44-43-15-4-7-21-50(43)57-52(42)44/h1-32,46H,33,53H2/b18-9-,40-13+. The third-order valence-corrected chi connectivity index (χ3v) is 11.3. The molecule has 0 aliphatic carbocycles. The molecule has 2 bridgehead atoms. The first-order chi connectivity index (χ1) is 28.2. The van der Waals surface area contributed by atoms with E-state index in [1.54, 1.807) is 0 Å². The Kier molecular flexibility index (Phi) is 7.79. The van der Waals surface area contributed by atoms with Gasteiger partial charge in [-0.1, -0.05) is 127 Å². The van der Waals surface area contributed by atoms with Crippen LogP contribution in [-0.4, -0.2) is 6.54 Å². The van der Waals surface area contributed by atoms with Crippen molar-refractivity contribution in [3.8, 4) is 28.0 Å². The zero-order valence-electron chi connectivity index (χ0n) is 31.0. The van der Waals surface area contributed by atoms with E-state index in [1.807, 2.05) is 42.5 Å². The molecule has 0 spiro atoms. The number of nitrogens with two attached hydrogens (primary N) is 1. The predicted molar refractivity (Wildman–Crippen MR) is 235 cm³/mol. The lowest BCUT2D eigenvalue weighted by Crippen LogP contribution is -2.28. The van der Waals surface area contributed by atoms with Gasteiger partial charge in [-0.15, -0.1) is 0 Å². The Bertz CT molecular complexity index is 3070. The minimum Gasteiger partial charge on any atom is -0.458 e. The number of hydrogen-bond acceptors (Lipinski definition) is 5. The molecule has 2 aliphatic heterocycles. The molecule has 0 saturated heterocycles. The van der Waals surface area contributed by atoms with Gasteiger partial charge in [0, 0.05) is 39.0 Å². The molecule has 1 unspecified atom stereocenters. The number of para-hydroxylation sites is 5. The number of furan rings is 1. The monoisotopic (exact) mass is 735 g/mol. The van der Waals surface area contributed by atoms with Crippen molar-refractivity contribution in [1.29, 1.82) is 0 Å². The van der Waals surface area contributed by atoms with Crippen molar-refractivity contribution in [2.45, 2.75) is 6.04 Å². The molecule has 57 heavy (non-hydrogen) atoms. The van der Waals surface area contributed by atoms with Gasteiger partial charge in [-0.05, 0) is 94.2 Å². The van der Waals surface area contributed by atoms with Crippen LogP contribution in [0.5, 0.6) is 5.75 Å². The molecule has 0 saturated carbocycles. The van der Waals surface area contributed by atoms with E-state index < -0.39 is 0 Å². The Morgan fingerprint density at radius 1 is 0.579 bits per heavy atom. The lowest BCUT2D eigenvalue weighted by molar-refractivity contribution is 0.403. The molecule has 0 amide bonds. The smallest absolute Gasteiger partial charge is 0.150 e. The van der Waals surface area contributed by atoms with Crippen LogP contribution in [-0.2, 0) is 0 Å². The maximum Gasteiger partial charge on any atom is 0.150 e. The van der Waals surface area contributed by atoms with Crippen molar-refractivity contribution in [3.63, 3.8) is 0 Å². The molecule has 5 heteroatoms. The molecule has 3 heterocycles. The van der Waals surface area contributed by atoms with Crippen molar-refractivity contribution >= 4 is 61.1 Å². The van der Waals surface area contributed by atoms with Gasteiger partial charge in [0.1, 0.15) is 16.9 Å². The van der Waals surface area contributed by atoms with Gasteiger partial charge in [0.15, 0.2) is 5.75 Å². The highest BCUT2D eigenvalue weighted by Crippen LogP contribution is 2.46. The quantitative estimate of drug-likeness (QED) is 0.191. The van der Waals surface area contributed by atoms with E-state index in [2.05, 4.69) is 161 Å². The first-order valence-electron chi connectivity index (χ1n) is 19.4. The normalized spacial score (nSPS) is 16.1. The maximum atomic E-state index is 6.99. The first-order valence-corrected chi connectivity index (χ1v) is 19.4. The van der Waals surface area contributed by atoms with Crippen LogP contribution in [0.25, 0.3) is 55.0 Å². The highest BCUT2D eigenvalue weighted by atomic mass is 16.5. The van der Waals surface area contributed by atoms with Crippen molar-refractivity contribution in [3.05, 3.63) is 205 Å². The number of anilines is 5. The lowest BCUT2D eigenvalue weighted by Gasteiger charge is -2.34. The van der Waals surface area contributed by atoms with Crippen LogP contribution in [0.1, 0.15) is 11.6 Å². The fraction of sp³-hybridized carbons (Fsp3) is 0.0385. The topological polar surface area (TPSA) is 54.9 Å². The lowest BCUT2D eigenvalue weighted by atomic mass is 9.95. The van der Waals surface area contributed by atoms with Crippen LogP contribution in [0, 0.1) is 0 Å². The maximum absolute atomic E-state index is 6.99. The Hall–Kier alpha value is -7.34. The zero-order valence-corrected chi connectivity index (χ0v) is 31.0.